The first kappa shape index (κ1) is 20.3. The molecule has 0 saturated carbocycles. The van der Waals surface area contributed by atoms with Gasteiger partial charge in [-0.2, -0.15) is 0 Å². The minimum atomic E-state index is -1.34. The van der Waals surface area contributed by atoms with Gasteiger partial charge in [-0.1, -0.05) is 0 Å². The Morgan fingerprint density at radius 1 is 0.950 bits per heavy atom. The average Bonchev–Trinajstić information content (AvgIpc) is 2.34. The highest BCUT2D eigenvalue weighted by atomic mass is 16.4. The van der Waals surface area contributed by atoms with E-state index >= 15 is 0 Å². The van der Waals surface area contributed by atoms with Gasteiger partial charge in [-0.3, -0.25) is 9.59 Å². The van der Waals surface area contributed by atoms with E-state index in [1.165, 1.54) is 0 Å². The van der Waals surface area contributed by atoms with E-state index in [0.29, 0.717) is 6.08 Å². The summed E-state index contributed by atoms with van der Waals surface area (Å²) in [4.78, 5) is 29.4. The molecule has 0 aromatic heterocycles. The van der Waals surface area contributed by atoms with Crippen LogP contribution in [0, 0.1) is 0 Å². The molecule has 0 aliphatic carbocycles. The van der Waals surface area contributed by atoms with Gasteiger partial charge in [-0.15, -0.1) is 0 Å². The van der Waals surface area contributed by atoms with Gasteiger partial charge in [0.2, 0.25) is 0 Å². The second kappa shape index (κ2) is 12.1. The Morgan fingerprint density at radius 3 is 1.70 bits per heavy atom. The highest BCUT2D eigenvalue weighted by molar-refractivity contribution is 5.79. The van der Waals surface area contributed by atoms with Crippen molar-refractivity contribution in [2.45, 2.75) is 31.5 Å². The molecule has 2 atom stereocenters. The second-order valence-electron chi connectivity index (χ2n) is 3.58. The monoisotopic (exact) mass is 294 g/mol. The van der Waals surface area contributed by atoms with Gasteiger partial charge in [0.25, 0.3) is 0 Å². The largest absolute Gasteiger partial charge is 0.481 e. The molecule has 6 N–H and O–H groups in total. The number of carbonyl (C=O) groups is 3. The Labute approximate surface area is 114 Å². The molecule has 0 fully saturated rings. The summed E-state index contributed by atoms with van der Waals surface area (Å²) in [7, 11) is 0. The molecule has 0 heterocycles. The van der Waals surface area contributed by atoms with Crippen LogP contribution in [0.25, 0.3) is 0 Å². The van der Waals surface area contributed by atoms with Crippen LogP contribution in [0.1, 0.15) is 19.3 Å². The Balaban J connectivity index is 0. The van der Waals surface area contributed by atoms with Crippen molar-refractivity contribution in [1.82, 2.24) is 0 Å². The Kier molecular flexibility index (Phi) is 12.3. The third-order valence-electron chi connectivity index (χ3n) is 1.80. The lowest BCUT2D eigenvalue weighted by Crippen LogP contribution is -2.27. The summed E-state index contributed by atoms with van der Waals surface area (Å²) < 4.78 is 0. The molecule has 116 valence electrons. The zero-order chi connectivity index (χ0) is 16.1. The summed E-state index contributed by atoms with van der Waals surface area (Å²) in [5.74, 6) is -3.11. The molecule has 0 amide bonds. The van der Waals surface area contributed by atoms with Gasteiger partial charge in [0.15, 0.2) is 0 Å². The molecule has 0 rings (SSSR count). The van der Waals surface area contributed by atoms with Crippen molar-refractivity contribution < 1.29 is 45.0 Å². The van der Waals surface area contributed by atoms with Crippen LogP contribution in [0.4, 0.5) is 0 Å². The lowest BCUT2D eigenvalue weighted by molar-refractivity contribution is -0.138. The van der Waals surface area contributed by atoms with Crippen molar-refractivity contribution in [3.8, 4) is 0 Å². The molecule has 0 aliphatic rings. The predicted molar refractivity (Wildman–Crippen MR) is 65.0 cm³/mol. The first-order valence-electron chi connectivity index (χ1n) is 5.52. The summed E-state index contributed by atoms with van der Waals surface area (Å²) in [6.45, 7) is -0.606. The van der Waals surface area contributed by atoms with Gasteiger partial charge in [-0.05, 0) is 12.5 Å². The maximum atomic E-state index is 9.87. The summed E-state index contributed by atoms with van der Waals surface area (Å²) in [5, 5.41) is 49.9. The van der Waals surface area contributed by atoms with Crippen molar-refractivity contribution in [3.63, 3.8) is 0 Å². The number of rotatable bonds is 8. The van der Waals surface area contributed by atoms with Crippen molar-refractivity contribution in [3.05, 3.63) is 12.2 Å². The molecule has 20 heavy (non-hydrogen) atoms. The maximum absolute atomic E-state index is 9.87. The SMILES string of the molecule is O=C(O)C=CC(O)C(O)CO.O=C(O)CCCC(=O)O. The van der Waals surface area contributed by atoms with Crippen LogP contribution in [0.5, 0.6) is 0 Å². The van der Waals surface area contributed by atoms with Gasteiger partial charge in [0, 0.05) is 18.9 Å². The topological polar surface area (TPSA) is 173 Å². The van der Waals surface area contributed by atoms with Crippen molar-refractivity contribution in [2.75, 3.05) is 6.61 Å². The number of carboxylic acids is 3. The summed E-state index contributed by atoms with van der Waals surface area (Å²) >= 11 is 0. The lowest BCUT2D eigenvalue weighted by Gasteiger charge is -2.09. The van der Waals surface area contributed by atoms with Crippen LogP contribution in [-0.2, 0) is 14.4 Å². The van der Waals surface area contributed by atoms with Crippen molar-refractivity contribution in [2.24, 2.45) is 0 Å². The van der Waals surface area contributed by atoms with Gasteiger partial charge in [-0.25, -0.2) is 4.79 Å². The Morgan fingerprint density at radius 2 is 1.40 bits per heavy atom. The molecule has 0 aliphatic heterocycles. The third-order valence-corrected chi connectivity index (χ3v) is 1.80. The minimum Gasteiger partial charge on any atom is -0.481 e. The number of aliphatic hydroxyl groups is 3. The Hall–Kier alpha value is -1.97. The van der Waals surface area contributed by atoms with Crippen molar-refractivity contribution >= 4 is 17.9 Å². The fourth-order valence-electron chi connectivity index (χ4n) is 0.808. The van der Waals surface area contributed by atoms with Gasteiger partial charge in [0.05, 0.1) is 6.61 Å². The molecular formula is C11H18O9. The molecule has 9 heteroatoms. The van der Waals surface area contributed by atoms with Crippen LogP contribution in [0.15, 0.2) is 12.2 Å². The van der Waals surface area contributed by atoms with Crippen LogP contribution < -0.4 is 0 Å². The molecule has 2 unspecified atom stereocenters. The summed E-state index contributed by atoms with van der Waals surface area (Å²) in [6.07, 6.45) is -0.988. The standard InChI is InChI=1S/C6H10O5.C5H8O4/c7-3-5(9)4(8)1-2-6(10)11;6-4(7)2-1-3-5(8)9/h1-2,4-5,7-9H,3H2,(H,10,11);1-3H2,(H,6,7)(H,8,9). The number of aliphatic carboxylic acids is 3. The minimum absolute atomic E-state index is 0.0632. The van der Waals surface area contributed by atoms with E-state index < -0.39 is 36.7 Å². The van der Waals surface area contributed by atoms with E-state index in [1.807, 2.05) is 0 Å². The first-order chi connectivity index (χ1) is 9.20. The highest BCUT2D eigenvalue weighted by Gasteiger charge is 2.11. The Bertz CT molecular complexity index is 323. The van der Waals surface area contributed by atoms with E-state index in [1.54, 1.807) is 0 Å². The first-order valence-corrected chi connectivity index (χ1v) is 5.52. The smallest absolute Gasteiger partial charge is 0.328 e. The van der Waals surface area contributed by atoms with Crippen molar-refractivity contribution in [1.29, 1.82) is 0 Å². The third kappa shape index (κ3) is 16.0. The summed E-state index contributed by atoms with van der Waals surface area (Å²) in [6, 6.07) is 0. The molecular weight excluding hydrogens is 276 g/mol. The molecule has 0 saturated heterocycles. The van der Waals surface area contributed by atoms with Crippen LogP contribution >= 0.6 is 0 Å². The molecule has 0 aromatic carbocycles. The van der Waals surface area contributed by atoms with Crippen LogP contribution in [-0.4, -0.2) is 67.4 Å². The van der Waals surface area contributed by atoms with Gasteiger partial charge in [0.1, 0.15) is 12.2 Å². The number of carboxylic acid groups (broad SMARTS) is 3. The zero-order valence-electron chi connectivity index (χ0n) is 10.5. The zero-order valence-corrected chi connectivity index (χ0v) is 10.5. The molecule has 0 spiro atoms. The molecule has 0 aromatic rings. The summed E-state index contributed by atoms with van der Waals surface area (Å²) in [5.41, 5.74) is 0. The number of aliphatic hydroxyl groups excluding tert-OH is 3. The fraction of sp³-hybridized carbons (Fsp3) is 0.545. The average molecular weight is 294 g/mol. The van der Waals surface area contributed by atoms with Crippen LogP contribution in [0.3, 0.4) is 0 Å². The second-order valence-corrected chi connectivity index (χ2v) is 3.58. The number of hydrogen-bond donors (Lipinski definition) is 6. The van der Waals surface area contributed by atoms with E-state index in [2.05, 4.69) is 0 Å². The quantitative estimate of drug-likeness (QED) is 0.296. The predicted octanol–water partition coefficient (Wildman–Crippen LogP) is -1.33. The highest BCUT2D eigenvalue weighted by Crippen LogP contribution is 1.94. The van der Waals surface area contributed by atoms with Gasteiger partial charge >= 0.3 is 17.9 Å². The molecule has 0 bridgehead atoms. The van der Waals surface area contributed by atoms with E-state index in [4.69, 9.17) is 30.6 Å². The van der Waals surface area contributed by atoms with Gasteiger partial charge < -0.3 is 30.6 Å². The molecule has 0 radical (unpaired) electrons. The fourth-order valence-corrected chi connectivity index (χ4v) is 0.808. The van der Waals surface area contributed by atoms with Crippen LogP contribution in [0.2, 0.25) is 0 Å². The maximum Gasteiger partial charge on any atom is 0.328 e. The molecule has 9 nitrogen and oxygen atoms in total. The lowest BCUT2D eigenvalue weighted by atomic mass is 10.2. The van der Waals surface area contributed by atoms with E-state index in [0.717, 1.165) is 6.08 Å². The van der Waals surface area contributed by atoms with E-state index in [-0.39, 0.29) is 19.3 Å². The van der Waals surface area contributed by atoms with E-state index in [9.17, 15) is 14.4 Å². The number of hydrogen-bond acceptors (Lipinski definition) is 6. The normalized spacial score (nSPS) is 13.2.